The molecule has 1 aromatic carbocycles. The molecular weight excluding hydrogens is 317 g/mol. The number of carboxylic acid groups (broad SMARTS) is 1. The third-order valence-corrected chi connectivity index (χ3v) is 4.21. The van der Waals surface area contributed by atoms with Crippen LogP contribution in [0.25, 0.3) is 0 Å². The van der Waals surface area contributed by atoms with Crippen LogP contribution in [0, 0.1) is 5.82 Å². The molecule has 0 aliphatic carbocycles. The van der Waals surface area contributed by atoms with Crippen LogP contribution in [-0.4, -0.2) is 62.6 Å². The first-order valence-electron chi connectivity index (χ1n) is 7.97. The molecule has 1 aliphatic heterocycles. The number of halogens is 1. The van der Waals surface area contributed by atoms with Crippen molar-refractivity contribution in [2.45, 2.75) is 25.0 Å². The van der Waals surface area contributed by atoms with Crippen molar-refractivity contribution in [3.05, 3.63) is 29.6 Å². The smallest absolute Gasteiger partial charge is 0.325 e. The predicted molar refractivity (Wildman–Crippen MR) is 85.8 cm³/mol. The second-order valence-corrected chi connectivity index (χ2v) is 5.73. The van der Waals surface area contributed by atoms with Gasteiger partial charge in [0.2, 0.25) is 0 Å². The van der Waals surface area contributed by atoms with Gasteiger partial charge >= 0.3 is 5.97 Å². The molecule has 1 fully saturated rings. The summed E-state index contributed by atoms with van der Waals surface area (Å²) in [6.45, 7) is 2.25. The van der Waals surface area contributed by atoms with E-state index in [0.29, 0.717) is 31.9 Å². The molecule has 1 aromatic rings. The van der Waals surface area contributed by atoms with Crippen LogP contribution in [0.4, 0.5) is 4.39 Å². The summed E-state index contributed by atoms with van der Waals surface area (Å²) < 4.78 is 29.4. The summed E-state index contributed by atoms with van der Waals surface area (Å²) in [4.78, 5) is 13.6. The molecule has 0 aromatic heterocycles. The fraction of sp³-hybridized carbons (Fsp3) is 0.588. The van der Waals surface area contributed by atoms with Crippen LogP contribution in [0.3, 0.4) is 0 Å². The van der Waals surface area contributed by atoms with E-state index in [9.17, 15) is 14.3 Å². The molecule has 1 atom stereocenters. The maximum Gasteiger partial charge on any atom is 0.325 e. The van der Waals surface area contributed by atoms with Crippen LogP contribution in [0.1, 0.15) is 24.4 Å². The Kier molecular flexibility index (Phi) is 6.96. The second kappa shape index (κ2) is 8.96. The Morgan fingerprint density at radius 2 is 2.04 bits per heavy atom. The van der Waals surface area contributed by atoms with E-state index in [-0.39, 0.29) is 11.9 Å². The summed E-state index contributed by atoms with van der Waals surface area (Å²) >= 11 is 0. The minimum Gasteiger partial charge on any atom is -0.494 e. The first kappa shape index (κ1) is 18.6. The lowest BCUT2D eigenvalue weighted by Crippen LogP contribution is -2.42. The van der Waals surface area contributed by atoms with E-state index < -0.39 is 17.8 Å². The Bertz CT molecular complexity index is 546. The molecule has 1 aliphatic rings. The van der Waals surface area contributed by atoms with E-state index in [1.54, 1.807) is 13.2 Å². The highest BCUT2D eigenvalue weighted by Crippen LogP contribution is 2.29. The standard InChI is InChI=1S/C17H24FNO5/c1-22-9-10-24-13-5-7-19(8-6-13)16(17(20)21)12-3-4-15(23-2)14(18)11-12/h3-4,11,13,16H,5-10H2,1-2H3,(H,20,21)/t16-/m1/s1. The first-order valence-corrected chi connectivity index (χ1v) is 7.97. The number of hydrogen-bond acceptors (Lipinski definition) is 5. The average molecular weight is 341 g/mol. The van der Waals surface area contributed by atoms with Crippen molar-refractivity contribution in [3.63, 3.8) is 0 Å². The first-order chi connectivity index (χ1) is 11.6. The third kappa shape index (κ3) is 4.66. The Morgan fingerprint density at radius 3 is 2.58 bits per heavy atom. The van der Waals surface area contributed by atoms with Gasteiger partial charge in [0.1, 0.15) is 6.04 Å². The summed E-state index contributed by atoms with van der Waals surface area (Å²) in [6.07, 6.45) is 1.59. The zero-order chi connectivity index (χ0) is 17.5. The molecule has 1 heterocycles. The van der Waals surface area contributed by atoms with Crippen LogP contribution in [0.2, 0.25) is 0 Å². The maximum absolute atomic E-state index is 13.9. The highest BCUT2D eigenvalue weighted by Gasteiger charge is 2.31. The van der Waals surface area contributed by atoms with Gasteiger partial charge in [-0.05, 0) is 30.5 Å². The summed E-state index contributed by atoms with van der Waals surface area (Å²) in [5, 5.41) is 9.59. The largest absolute Gasteiger partial charge is 0.494 e. The van der Waals surface area contributed by atoms with Crippen LogP contribution in [-0.2, 0) is 14.3 Å². The van der Waals surface area contributed by atoms with E-state index in [1.807, 2.05) is 4.90 Å². The van der Waals surface area contributed by atoms with Gasteiger partial charge in [-0.2, -0.15) is 0 Å². The molecule has 2 rings (SSSR count). The van der Waals surface area contributed by atoms with Gasteiger partial charge < -0.3 is 19.3 Å². The topological polar surface area (TPSA) is 68.2 Å². The molecule has 0 amide bonds. The van der Waals surface area contributed by atoms with Gasteiger partial charge in [-0.1, -0.05) is 6.07 Å². The zero-order valence-electron chi connectivity index (χ0n) is 14.0. The molecule has 134 valence electrons. The highest BCUT2D eigenvalue weighted by atomic mass is 19.1. The molecule has 7 heteroatoms. The molecular formula is C17H24FNO5. The summed E-state index contributed by atoms with van der Waals surface area (Å²) in [7, 11) is 3.00. The molecule has 0 saturated carbocycles. The van der Waals surface area contributed by atoms with Crippen LogP contribution >= 0.6 is 0 Å². The van der Waals surface area contributed by atoms with Crippen molar-refractivity contribution in [1.29, 1.82) is 0 Å². The third-order valence-electron chi connectivity index (χ3n) is 4.21. The van der Waals surface area contributed by atoms with Crippen molar-refractivity contribution < 1.29 is 28.5 Å². The number of likely N-dealkylation sites (tertiary alicyclic amines) is 1. The van der Waals surface area contributed by atoms with E-state index in [0.717, 1.165) is 12.8 Å². The molecule has 24 heavy (non-hydrogen) atoms. The van der Waals surface area contributed by atoms with Crippen molar-refractivity contribution >= 4 is 5.97 Å². The van der Waals surface area contributed by atoms with Gasteiger partial charge in [-0.15, -0.1) is 0 Å². The summed E-state index contributed by atoms with van der Waals surface area (Å²) in [5.74, 6) is -1.44. The Hall–Kier alpha value is -1.70. The zero-order valence-corrected chi connectivity index (χ0v) is 14.0. The van der Waals surface area contributed by atoms with Crippen molar-refractivity contribution in [1.82, 2.24) is 4.90 Å². The quantitative estimate of drug-likeness (QED) is 0.730. The fourth-order valence-corrected chi connectivity index (χ4v) is 2.96. The predicted octanol–water partition coefficient (Wildman–Crippen LogP) is 2.09. The van der Waals surface area contributed by atoms with Crippen molar-refractivity contribution in [2.75, 3.05) is 40.5 Å². The maximum atomic E-state index is 13.9. The molecule has 0 spiro atoms. The van der Waals surface area contributed by atoms with Crippen molar-refractivity contribution in [2.24, 2.45) is 0 Å². The van der Waals surface area contributed by atoms with Crippen molar-refractivity contribution in [3.8, 4) is 5.75 Å². The van der Waals surface area contributed by atoms with Gasteiger partial charge in [0.25, 0.3) is 0 Å². The minimum absolute atomic E-state index is 0.105. The lowest BCUT2D eigenvalue weighted by molar-refractivity contribution is -0.145. The number of methoxy groups -OCH3 is 2. The summed E-state index contributed by atoms with van der Waals surface area (Å²) in [6, 6.07) is 3.42. The monoisotopic (exact) mass is 341 g/mol. The normalized spacial score (nSPS) is 17.6. The number of carboxylic acids is 1. The Labute approximate surface area is 141 Å². The lowest BCUT2D eigenvalue weighted by atomic mass is 10.00. The Morgan fingerprint density at radius 1 is 1.33 bits per heavy atom. The number of hydrogen-bond donors (Lipinski definition) is 1. The number of carbonyl (C=O) groups is 1. The highest BCUT2D eigenvalue weighted by molar-refractivity contribution is 5.75. The van der Waals surface area contributed by atoms with E-state index in [2.05, 4.69) is 0 Å². The lowest BCUT2D eigenvalue weighted by Gasteiger charge is -2.35. The van der Waals surface area contributed by atoms with Crippen LogP contribution < -0.4 is 4.74 Å². The Balaban J connectivity index is 2.02. The van der Waals surface area contributed by atoms with Crippen LogP contribution in [0.15, 0.2) is 18.2 Å². The molecule has 0 radical (unpaired) electrons. The number of aliphatic carboxylic acids is 1. The van der Waals surface area contributed by atoms with Gasteiger partial charge in [-0.25, -0.2) is 4.39 Å². The number of nitrogens with zero attached hydrogens (tertiary/aromatic N) is 1. The molecule has 6 nitrogen and oxygen atoms in total. The SMILES string of the molecule is COCCOC1CCN([C@@H](C(=O)O)c2ccc(OC)c(F)c2)CC1. The molecule has 0 unspecified atom stereocenters. The second-order valence-electron chi connectivity index (χ2n) is 5.73. The van der Waals surface area contributed by atoms with E-state index in [1.165, 1.54) is 19.2 Å². The minimum atomic E-state index is -0.988. The van der Waals surface area contributed by atoms with Crippen LogP contribution in [0.5, 0.6) is 5.75 Å². The molecule has 1 N–H and O–H groups in total. The fourth-order valence-electron chi connectivity index (χ4n) is 2.96. The number of ether oxygens (including phenoxy) is 3. The van der Waals surface area contributed by atoms with Gasteiger partial charge in [0.05, 0.1) is 26.4 Å². The number of rotatable bonds is 8. The van der Waals surface area contributed by atoms with Gasteiger partial charge in [0, 0.05) is 20.2 Å². The molecule has 1 saturated heterocycles. The molecule has 0 bridgehead atoms. The average Bonchev–Trinajstić information content (AvgIpc) is 2.56. The van der Waals surface area contributed by atoms with Gasteiger partial charge in [0.15, 0.2) is 11.6 Å². The number of piperidine rings is 1. The van der Waals surface area contributed by atoms with E-state index in [4.69, 9.17) is 14.2 Å². The van der Waals surface area contributed by atoms with Gasteiger partial charge in [-0.3, -0.25) is 9.69 Å². The summed E-state index contributed by atoms with van der Waals surface area (Å²) in [5.41, 5.74) is 0.416. The number of benzene rings is 1. The van der Waals surface area contributed by atoms with E-state index >= 15 is 0 Å².